The van der Waals surface area contributed by atoms with Gasteiger partial charge in [0.25, 0.3) is 0 Å². The summed E-state index contributed by atoms with van der Waals surface area (Å²) >= 11 is 0. The lowest BCUT2D eigenvalue weighted by atomic mass is 10.1. The summed E-state index contributed by atoms with van der Waals surface area (Å²) in [4.78, 5) is 4.80. The van der Waals surface area contributed by atoms with Crippen molar-refractivity contribution in [2.75, 3.05) is 20.8 Å². The fraction of sp³-hybridized carbons (Fsp3) is 0.500. The number of allylic oxidation sites excluding steroid dienone is 1. The van der Waals surface area contributed by atoms with Crippen molar-refractivity contribution in [3.8, 4) is 11.5 Å². The van der Waals surface area contributed by atoms with Gasteiger partial charge in [0.15, 0.2) is 17.5 Å². The zero-order valence-electron chi connectivity index (χ0n) is 20.4. The third-order valence-corrected chi connectivity index (χ3v) is 5.30. The lowest BCUT2D eigenvalue weighted by molar-refractivity contribution is 0.352. The number of aliphatic imine (C=N–C) groups is 1. The highest BCUT2D eigenvalue weighted by molar-refractivity contribution is 14.0. The lowest BCUT2D eigenvalue weighted by Crippen LogP contribution is -2.43. The fourth-order valence-corrected chi connectivity index (χ4v) is 3.70. The van der Waals surface area contributed by atoms with Crippen LogP contribution >= 0.6 is 24.0 Å². The molecule has 1 aromatic carbocycles. The van der Waals surface area contributed by atoms with Crippen LogP contribution in [-0.4, -0.2) is 42.5 Å². The van der Waals surface area contributed by atoms with E-state index in [4.69, 9.17) is 14.5 Å². The summed E-state index contributed by atoms with van der Waals surface area (Å²) in [6.45, 7) is 13.6. The number of aromatic nitrogens is 2. The molecule has 32 heavy (non-hydrogen) atoms. The Morgan fingerprint density at radius 1 is 1.28 bits per heavy atom. The third kappa shape index (κ3) is 7.15. The number of guanidine groups is 1. The van der Waals surface area contributed by atoms with Crippen LogP contribution in [0.15, 0.2) is 29.8 Å². The topological polar surface area (TPSA) is 72.7 Å². The second kappa shape index (κ2) is 13.3. The van der Waals surface area contributed by atoms with E-state index in [0.29, 0.717) is 18.7 Å². The van der Waals surface area contributed by atoms with Gasteiger partial charge in [0.2, 0.25) is 0 Å². The Hall–Kier alpha value is -2.23. The average Bonchev–Trinajstić information content (AvgIpc) is 2.97. The summed E-state index contributed by atoms with van der Waals surface area (Å²) in [5.41, 5.74) is 5.66. The first-order chi connectivity index (χ1) is 14.8. The summed E-state index contributed by atoms with van der Waals surface area (Å²) < 4.78 is 13.0. The molecule has 178 valence electrons. The Bertz CT molecular complexity index is 924. The lowest BCUT2D eigenvalue weighted by Gasteiger charge is -2.18. The van der Waals surface area contributed by atoms with Crippen LogP contribution in [0.5, 0.6) is 11.5 Å². The number of rotatable bonds is 10. The van der Waals surface area contributed by atoms with E-state index < -0.39 is 0 Å². The quantitative estimate of drug-likeness (QED) is 0.200. The van der Waals surface area contributed by atoms with Crippen LogP contribution in [-0.2, 0) is 26.4 Å². The molecule has 1 unspecified atom stereocenters. The van der Waals surface area contributed by atoms with Crippen molar-refractivity contribution >= 4 is 29.9 Å². The molecule has 1 aromatic heterocycles. The summed E-state index contributed by atoms with van der Waals surface area (Å²) in [5, 5.41) is 11.4. The van der Waals surface area contributed by atoms with Crippen LogP contribution in [0.4, 0.5) is 0 Å². The van der Waals surface area contributed by atoms with Gasteiger partial charge in [-0.05, 0) is 63.8 Å². The van der Waals surface area contributed by atoms with Crippen LogP contribution in [0.3, 0.4) is 0 Å². The number of hydrogen-bond donors (Lipinski definition) is 2. The average molecular weight is 556 g/mol. The minimum Gasteiger partial charge on any atom is -0.493 e. The van der Waals surface area contributed by atoms with Gasteiger partial charge < -0.3 is 20.1 Å². The molecule has 2 N–H and O–H groups in total. The highest BCUT2D eigenvalue weighted by Crippen LogP contribution is 2.33. The minimum absolute atomic E-state index is 0. The molecule has 7 nitrogen and oxygen atoms in total. The molecule has 0 saturated carbocycles. The molecule has 0 aliphatic heterocycles. The Kier molecular flexibility index (Phi) is 11.6. The first-order valence-corrected chi connectivity index (χ1v) is 10.7. The highest BCUT2D eigenvalue weighted by atomic mass is 127. The molecule has 2 rings (SSSR count). The molecular formula is C24H38IN5O2. The van der Waals surface area contributed by atoms with Crippen molar-refractivity contribution < 1.29 is 9.47 Å². The van der Waals surface area contributed by atoms with Gasteiger partial charge in [0, 0.05) is 30.9 Å². The molecule has 0 spiro atoms. The molecule has 1 atom stereocenters. The summed E-state index contributed by atoms with van der Waals surface area (Å²) in [7, 11) is 5.29. The first kappa shape index (κ1) is 27.8. The van der Waals surface area contributed by atoms with E-state index in [0.717, 1.165) is 41.5 Å². The summed E-state index contributed by atoms with van der Waals surface area (Å²) in [5.74, 6) is 2.24. The Balaban J connectivity index is 0.00000512. The van der Waals surface area contributed by atoms with Crippen molar-refractivity contribution in [3.63, 3.8) is 0 Å². The molecule has 2 aromatic rings. The number of benzene rings is 1. The van der Waals surface area contributed by atoms with Crippen LogP contribution in [0, 0.1) is 13.8 Å². The molecule has 0 aliphatic rings. The Morgan fingerprint density at radius 2 is 2.00 bits per heavy atom. The van der Waals surface area contributed by atoms with Gasteiger partial charge in [0.05, 0.1) is 26.5 Å². The molecular weight excluding hydrogens is 517 g/mol. The van der Waals surface area contributed by atoms with Crippen molar-refractivity contribution in [1.29, 1.82) is 0 Å². The van der Waals surface area contributed by atoms with Gasteiger partial charge in [-0.15, -0.1) is 30.6 Å². The molecule has 0 aliphatic carbocycles. The monoisotopic (exact) mass is 555 g/mol. The normalized spacial score (nSPS) is 12.0. The maximum atomic E-state index is 5.53. The van der Waals surface area contributed by atoms with E-state index in [1.807, 2.05) is 23.9 Å². The summed E-state index contributed by atoms with van der Waals surface area (Å²) in [6, 6.07) is 4.28. The predicted molar refractivity (Wildman–Crippen MR) is 143 cm³/mol. The zero-order valence-corrected chi connectivity index (χ0v) is 22.7. The maximum absolute atomic E-state index is 5.53. The fourth-order valence-electron chi connectivity index (χ4n) is 3.70. The van der Waals surface area contributed by atoms with Crippen molar-refractivity contribution in [2.24, 2.45) is 12.0 Å². The largest absolute Gasteiger partial charge is 0.493 e. The smallest absolute Gasteiger partial charge is 0.191 e. The SMILES string of the molecule is C=CCc1cc(CN=C(NCC)NC(C)Cc2c(C)nn(C)c2C)cc(OC)c1OC.I. The summed E-state index contributed by atoms with van der Waals surface area (Å²) in [6.07, 6.45) is 3.45. The van der Waals surface area contributed by atoms with Gasteiger partial charge in [-0.25, -0.2) is 4.99 Å². The Morgan fingerprint density at radius 3 is 2.53 bits per heavy atom. The van der Waals surface area contributed by atoms with Crippen LogP contribution in [0.2, 0.25) is 0 Å². The van der Waals surface area contributed by atoms with E-state index in [2.05, 4.69) is 56.1 Å². The standard InChI is InChI=1S/C24H37N5O2.HI/c1-9-11-20-13-19(14-22(30-7)23(20)31-8)15-26-24(25-10-2)27-16(3)12-21-17(4)28-29(6)18(21)5;/h9,13-14,16H,1,10-12,15H2,2-8H3,(H2,25,26,27);1H. The molecule has 0 bridgehead atoms. The van der Waals surface area contributed by atoms with E-state index in [1.54, 1.807) is 14.2 Å². The Labute approximate surface area is 209 Å². The van der Waals surface area contributed by atoms with Gasteiger partial charge in [0.1, 0.15) is 0 Å². The number of nitrogens with one attached hydrogen (secondary N) is 2. The van der Waals surface area contributed by atoms with Gasteiger partial charge in [-0.2, -0.15) is 5.10 Å². The van der Waals surface area contributed by atoms with Gasteiger partial charge in [-0.1, -0.05) is 6.08 Å². The van der Waals surface area contributed by atoms with E-state index in [9.17, 15) is 0 Å². The van der Waals surface area contributed by atoms with E-state index in [-0.39, 0.29) is 30.0 Å². The zero-order chi connectivity index (χ0) is 23.0. The highest BCUT2D eigenvalue weighted by Gasteiger charge is 2.15. The molecule has 0 amide bonds. The van der Waals surface area contributed by atoms with Crippen LogP contribution in [0.25, 0.3) is 0 Å². The molecule has 0 radical (unpaired) electrons. The van der Waals surface area contributed by atoms with Crippen molar-refractivity contribution in [3.05, 3.63) is 52.9 Å². The number of nitrogens with zero attached hydrogens (tertiary/aromatic N) is 3. The number of aryl methyl sites for hydroxylation is 2. The van der Waals surface area contributed by atoms with E-state index >= 15 is 0 Å². The van der Waals surface area contributed by atoms with E-state index in [1.165, 1.54) is 11.3 Å². The molecule has 0 fully saturated rings. The molecule has 1 heterocycles. The molecule has 0 saturated heterocycles. The second-order valence-corrected chi connectivity index (χ2v) is 7.70. The maximum Gasteiger partial charge on any atom is 0.191 e. The number of halogens is 1. The van der Waals surface area contributed by atoms with Crippen LogP contribution in [0.1, 0.15) is 41.9 Å². The third-order valence-electron chi connectivity index (χ3n) is 5.30. The van der Waals surface area contributed by atoms with Gasteiger partial charge in [-0.3, -0.25) is 4.68 Å². The number of ether oxygens (including phenoxy) is 2. The predicted octanol–water partition coefficient (Wildman–Crippen LogP) is 4.09. The number of hydrogen-bond acceptors (Lipinski definition) is 4. The number of methoxy groups -OCH3 is 2. The second-order valence-electron chi connectivity index (χ2n) is 7.70. The molecule has 8 heteroatoms. The van der Waals surface area contributed by atoms with Crippen molar-refractivity contribution in [2.45, 2.75) is 53.1 Å². The first-order valence-electron chi connectivity index (χ1n) is 10.7. The van der Waals surface area contributed by atoms with Crippen molar-refractivity contribution in [1.82, 2.24) is 20.4 Å². The van der Waals surface area contributed by atoms with Crippen LogP contribution < -0.4 is 20.1 Å². The van der Waals surface area contributed by atoms with Gasteiger partial charge >= 0.3 is 0 Å². The minimum atomic E-state index is 0.